The molecule has 0 saturated heterocycles. The van der Waals surface area contributed by atoms with Gasteiger partial charge in [0.2, 0.25) is 5.89 Å². The third-order valence-corrected chi connectivity index (χ3v) is 2.46. The number of unbranched alkanes of at least 4 members (excludes halogenated alkanes) is 1. The average molecular weight is 245 g/mol. The summed E-state index contributed by atoms with van der Waals surface area (Å²) in [4.78, 5) is 4.22. The molecule has 0 fully saturated rings. The number of aromatic nitrogens is 2. The van der Waals surface area contributed by atoms with Crippen LogP contribution >= 0.6 is 0 Å². The quantitative estimate of drug-likeness (QED) is 0.760. The molecule has 2 rings (SSSR count). The topological polar surface area (TPSA) is 62.7 Å². The molecule has 4 nitrogen and oxygen atoms in total. The summed E-state index contributed by atoms with van der Waals surface area (Å²) in [7, 11) is 0. The number of hydrogen-bond acceptors (Lipinski definition) is 4. The summed E-state index contributed by atoms with van der Waals surface area (Å²) in [6, 6.07) is 8.27. The van der Waals surface area contributed by atoms with Crippen molar-refractivity contribution in [3.05, 3.63) is 47.4 Å². The lowest BCUT2D eigenvalue weighted by atomic mass is 10.1. The van der Waals surface area contributed by atoms with Gasteiger partial charge in [0.25, 0.3) is 0 Å². The molecule has 1 aromatic heterocycles. The lowest BCUT2D eigenvalue weighted by Crippen LogP contribution is -1.92. The van der Waals surface area contributed by atoms with E-state index in [2.05, 4.69) is 16.2 Å². The van der Waals surface area contributed by atoms with Crippen LogP contribution in [-0.2, 0) is 12.8 Å². The molecular formula is C13H12FN3O. The Bertz CT molecular complexity index is 542. The van der Waals surface area contributed by atoms with Crippen LogP contribution < -0.4 is 0 Å². The van der Waals surface area contributed by atoms with E-state index in [-0.39, 0.29) is 5.82 Å². The van der Waals surface area contributed by atoms with Gasteiger partial charge in [0, 0.05) is 19.3 Å². The third kappa shape index (κ3) is 3.39. The van der Waals surface area contributed by atoms with Gasteiger partial charge in [0.05, 0.1) is 6.07 Å². The number of nitrogens with zero attached hydrogens (tertiary/aromatic N) is 3. The predicted molar refractivity (Wildman–Crippen MR) is 62.1 cm³/mol. The molecule has 1 aromatic carbocycles. The molecule has 0 radical (unpaired) electrons. The highest BCUT2D eigenvalue weighted by Crippen LogP contribution is 2.09. The molecule has 0 aliphatic heterocycles. The van der Waals surface area contributed by atoms with Crippen LogP contribution in [0.15, 0.2) is 28.8 Å². The summed E-state index contributed by atoms with van der Waals surface area (Å²) in [5.41, 5.74) is 0.931. The van der Waals surface area contributed by atoms with Crippen molar-refractivity contribution in [3.63, 3.8) is 0 Å². The zero-order valence-corrected chi connectivity index (χ0v) is 9.77. The van der Waals surface area contributed by atoms with Crippen LogP contribution in [0.2, 0.25) is 0 Å². The van der Waals surface area contributed by atoms with Crippen molar-refractivity contribution >= 4 is 0 Å². The van der Waals surface area contributed by atoms with Gasteiger partial charge in [-0.25, -0.2) is 4.39 Å². The van der Waals surface area contributed by atoms with Crippen molar-refractivity contribution < 1.29 is 8.91 Å². The number of benzene rings is 1. The minimum absolute atomic E-state index is 0.260. The maximum absolute atomic E-state index is 12.7. The van der Waals surface area contributed by atoms with Crippen LogP contribution in [0, 0.1) is 17.1 Å². The molecule has 0 N–H and O–H groups in total. The highest BCUT2D eigenvalue weighted by molar-refractivity contribution is 5.19. The first-order valence-corrected chi connectivity index (χ1v) is 5.71. The SMILES string of the molecule is N#CCCCc1nc(Cc2ccc(F)cc2)no1. The van der Waals surface area contributed by atoms with Gasteiger partial charge in [0.1, 0.15) is 5.82 Å². The van der Waals surface area contributed by atoms with Gasteiger partial charge in [-0.05, 0) is 24.1 Å². The van der Waals surface area contributed by atoms with E-state index in [1.807, 2.05) is 0 Å². The fourth-order valence-electron chi connectivity index (χ4n) is 1.57. The molecule has 0 unspecified atom stereocenters. The van der Waals surface area contributed by atoms with Gasteiger partial charge in [-0.3, -0.25) is 0 Å². The van der Waals surface area contributed by atoms with E-state index >= 15 is 0 Å². The Balaban J connectivity index is 1.94. The molecule has 0 bridgehead atoms. The molecule has 0 spiro atoms. The summed E-state index contributed by atoms with van der Waals surface area (Å²) in [6.07, 6.45) is 2.33. The van der Waals surface area contributed by atoms with Gasteiger partial charge in [-0.2, -0.15) is 10.2 Å². The summed E-state index contributed by atoms with van der Waals surface area (Å²) >= 11 is 0. The van der Waals surface area contributed by atoms with Crippen LogP contribution in [0.4, 0.5) is 4.39 Å². The van der Waals surface area contributed by atoms with E-state index in [0.29, 0.717) is 37.4 Å². The Morgan fingerprint density at radius 3 is 2.78 bits per heavy atom. The molecule has 0 amide bonds. The van der Waals surface area contributed by atoms with Crippen molar-refractivity contribution in [2.75, 3.05) is 0 Å². The molecule has 92 valence electrons. The second kappa shape index (κ2) is 5.92. The van der Waals surface area contributed by atoms with E-state index < -0.39 is 0 Å². The molecule has 5 heteroatoms. The van der Waals surface area contributed by atoms with Crippen LogP contribution in [0.3, 0.4) is 0 Å². The number of hydrogen-bond donors (Lipinski definition) is 0. The van der Waals surface area contributed by atoms with Crippen molar-refractivity contribution in [2.24, 2.45) is 0 Å². The second-order valence-electron chi connectivity index (χ2n) is 3.92. The molecule has 18 heavy (non-hydrogen) atoms. The predicted octanol–water partition coefficient (Wildman–Crippen LogP) is 2.65. The fraction of sp³-hybridized carbons (Fsp3) is 0.308. The smallest absolute Gasteiger partial charge is 0.226 e. The average Bonchev–Trinajstić information content (AvgIpc) is 2.80. The van der Waals surface area contributed by atoms with Crippen molar-refractivity contribution in [3.8, 4) is 6.07 Å². The first-order chi connectivity index (χ1) is 8.78. The third-order valence-electron chi connectivity index (χ3n) is 2.46. The molecule has 0 aliphatic rings. The molecular weight excluding hydrogens is 233 g/mol. The van der Waals surface area contributed by atoms with Crippen LogP contribution in [0.25, 0.3) is 0 Å². The monoisotopic (exact) mass is 245 g/mol. The largest absolute Gasteiger partial charge is 0.339 e. The maximum atomic E-state index is 12.7. The van der Waals surface area contributed by atoms with E-state index in [9.17, 15) is 4.39 Å². The first kappa shape index (κ1) is 12.2. The number of rotatable bonds is 5. The minimum Gasteiger partial charge on any atom is -0.339 e. The Kier molecular flexibility index (Phi) is 4.02. The summed E-state index contributed by atoms with van der Waals surface area (Å²) in [5, 5.41) is 12.3. The van der Waals surface area contributed by atoms with Crippen molar-refractivity contribution in [1.29, 1.82) is 5.26 Å². The standard InChI is InChI=1S/C13H12FN3O/c14-11-6-4-10(5-7-11)9-12-16-13(18-17-12)3-1-2-8-15/h4-7H,1-3,9H2. The number of aryl methyl sites for hydroxylation is 1. The zero-order chi connectivity index (χ0) is 12.8. The van der Waals surface area contributed by atoms with Crippen molar-refractivity contribution in [1.82, 2.24) is 10.1 Å². The van der Waals surface area contributed by atoms with E-state index in [4.69, 9.17) is 9.78 Å². The maximum Gasteiger partial charge on any atom is 0.226 e. The Labute approximate surface area is 104 Å². The zero-order valence-electron chi connectivity index (χ0n) is 9.77. The van der Waals surface area contributed by atoms with E-state index in [1.165, 1.54) is 12.1 Å². The normalized spacial score (nSPS) is 10.2. The van der Waals surface area contributed by atoms with Crippen LogP contribution in [0.5, 0.6) is 0 Å². The van der Waals surface area contributed by atoms with E-state index in [0.717, 1.165) is 5.56 Å². The van der Waals surface area contributed by atoms with E-state index in [1.54, 1.807) is 12.1 Å². The summed E-state index contributed by atoms with van der Waals surface area (Å²) in [6.45, 7) is 0. The molecule has 1 heterocycles. The Morgan fingerprint density at radius 1 is 1.28 bits per heavy atom. The molecule has 0 aliphatic carbocycles. The Morgan fingerprint density at radius 2 is 2.06 bits per heavy atom. The molecule has 0 atom stereocenters. The Hall–Kier alpha value is -2.22. The fourth-order valence-corrected chi connectivity index (χ4v) is 1.57. The summed E-state index contributed by atoms with van der Waals surface area (Å²) in [5.74, 6) is 0.861. The number of halogens is 1. The lowest BCUT2D eigenvalue weighted by Gasteiger charge is -1.95. The van der Waals surface area contributed by atoms with Gasteiger partial charge >= 0.3 is 0 Å². The first-order valence-electron chi connectivity index (χ1n) is 5.71. The van der Waals surface area contributed by atoms with Crippen molar-refractivity contribution in [2.45, 2.75) is 25.7 Å². The second-order valence-corrected chi connectivity index (χ2v) is 3.92. The van der Waals surface area contributed by atoms with Gasteiger partial charge in [0.15, 0.2) is 5.82 Å². The minimum atomic E-state index is -0.260. The molecule has 2 aromatic rings. The van der Waals surface area contributed by atoms with Gasteiger partial charge < -0.3 is 4.52 Å². The van der Waals surface area contributed by atoms with Crippen LogP contribution in [-0.4, -0.2) is 10.1 Å². The number of nitriles is 1. The highest BCUT2D eigenvalue weighted by Gasteiger charge is 2.06. The van der Waals surface area contributed by atoms with Gasteiger partial charge in [-0.1, -0.05) is 17.3 Å². The van der Waals surface area contributed by atoms with Gasteiger partial charge in [-0.15, -0.1) is 0 Å². The summed E-state index contributed by atoms with van der Waals surface area (Å²) < 4.78 is 17.8. The van der Waals surface area contributed by atoms with Crippen LogP contribution in [0.1, 0.15) is 30.1 Å². The molecule has 0 saturated carbocycles. The highest BCUT2D eigenvalue weighted by atomic mass is 19.1. The lowest BCUT2D eigenvalue weighted by molar-refractivity contribution is 0.371.